The summed E-state index contributed by atoms with van der Waals surface area (Å²) in [6.07, 6.45) is 0. The van der Waals surface area contributed by atoms with Gasteiger partial charge in [0.1, 0.15) is 6.07 Å². The Morgan fingerprint density at radius 2 is 2.18 bits per heavy atom. The van der Waals surface area contributed by atoms with Crippen LogP contribution in [0.5, 0.6) is 0 Å². The van der Waals surface area contributed by atoms with Crippen LogP contribution in [-0.4, -0.2) is 24.7 Å². The molecule has 1 rings (SSSR count). The molecule has 1 N–H and O–H groups in total. The van der Waals surface area contributed by atoms with Crippen LogP contribution in [0.4, 0.5) is 5.69 Å². The standard InChI is InChI=1S/C13H16N2O2/c1-9(2)8-15(3)12-5-4-10(13(16)17)6-11(12)7-14/h4-6,9H,8H2,1-3H3,(H,16,17). The van der Waals surface area contributed by atoms with Gasteiger partial charge in [0.15, 0.2) is 0 Å². The zero-order valence-corrected chi connectivity index (χ0v) is 10.3. The second-order valence-corrected chi connectivity index (χ2v) is 4.42. The van der Waals surface area contributed by atoms with Gasteiger partial charge in [-0.05, 0) is 24.1 Å². The van der Waals surface area contributed by atoms with Gasteiger partial charge in [0, 0.05) is 13.6 Å². The Hall–Kier alpha value is -2.02. The van der Waals surface area contributed by atoms with Crippen LogP contribution in [0.3, 0.4) is 0 Å². The molecule has 0 spiro atoms. The van der Waals surface area contributed by atoms with Crippen molar-refractivity contribution in [2.75, 3.05) is 18.5 Å². The lowest BCUT2D eigenvalue weighted by Gasteiger charge is -2.22. The first kappa shape index (κ1) is 13.0. The molecule has 0 unspecified atom stereocenters. The molecule has 1 aromatic carbocycles. The molecule has 4 nitrogen and oxygen atoms in total. The summed E-state index contributed by atoms with van der Waals surface area (Å²) in [5.74, 6) is -0.537. The molecule has 0 atom stereocenters. The Balaban J connectivity index is 3.09. The van der Waals surface area contributed by atoms with E-state index in [1.807, 2.05) is 18.0 Å². The molecule has 0 bridgehead atoms. The van der Waals surface area contributed by atoms with Gasteiger partial charge in [0.25, 0.3) is 0 Å². The fraction of sp³-hybridized carbons (Fsp3) is 0.385. The van der Waals surface area contributed by atoms with Crippen molar-refractivity contribution in [2.45, 2.75) is 13.8 Å². The quantitative estimate of drug-likeness (QED) is 0.865. The molecule has 90 valence electrons. The second kappa shape index (κ2) is 5.35. The minimum Gasteiger partial charge on any atom is -0.478 e. The van der Waals surface area contributed by atoms with Crippen LogP contribution in [0.15, 0.2) is 18.2 Å². The Morgan fingerprint density at radius 1 is 1.53 bits per heavy atom. The highest BCUT2D eigenvalue weighted by atomic mass is 16.4. The number of nitrogens with zero attached hydrogens (tertiary/aromatic N) is 2. The first-order valence-corrected chi connectivity index (χ1v) is 5.44. The van der Waals surface area contributed by atoms with Gasteiger partial charge in [0.2, 0.25) is 0 Å². The highest BCUT2D eigenvalue weighted by molar-refractivity contribution is 5.89. The minimum absolute atomic E-state index is 0.142. The van der Waals surface area contributed by atoms with Gasteiger partial charge in [-0.15, -0.1) is 0 Å². The van der Waals surface area contributed by atoms with Crippen LogP contribution in [0, 0.1) is 17.2 Å². The van der Waals surface area contributed by atoms with Crippen LogP contribution in [-0.2, 0) is 0 Å². The molecule has 4 heteroatoms. The van der Waals surface area contributed by atoms with Gasteiger partial charge in [-0.25, -0.2) is 4.79 Å². The lowest BCUT2D eigenvalue weighted by molar-refractivity contribution is 0.0697. The van der Waals surface area contributed by atoms with E-state index in [0.29, 0.717) is 11.5 Å². The largest absolute Gasteiger partial charge is 0.478 e. The Morgan fingerprint density at radius 3 is 2.65 bits per heavy atom. The van der Waals surface area contributed by atoms with E-state index in [1.54, 1.807) is 6.07 Å². The first-order valence-electron chi connectivity index (χ1n) is 5.44. The van der Waals surface area contributed by atoms with Crippen molar-refractivity contribution < 1.29 is 9.90 Å². The molecule has 0 aliphatic heterocycles. The number of benzene rings is 1. The highest BCUT2D eigenvalue weighted by Gasteiger charge is 2.12. The van der Waals surface area contributed by atoms with Gasteiger partial charge in [-0.1, -0.05) is 13.8 Å². The van der Waals surface area contributed by atoms with E-state index >= 15 is 0 Å². The van der Waals surface area contributed by atoms with E-state index in [1.165, 1.54) is 12.1 Å². The van der Waals surface area contributed by atoms with E-state index in [-0.39, 0.29) is 5.56 Å². The van der Waals surface area contributed by atoms with E-state index in [9.17, 15) is 4.79 Å². The Kier molecular flexibility index (Phi) is 4.11. The normalized spacial score (nSPS) is 10.1. The number of carbonyl (C=O) groups is 1. The predicted molar refractivity (Wildman–Crippen MR) is 66.2 cm³/mol. The number of hydrogen-bond donors (Lipinski definition) is 1. The summed E-state index contributed by atoms with van der Waals surface area (Å²) in [6.45, 7) is 5.00. The minimum atomic E-state index is -1.01. The number of hydrogen-bond acceptors (Lipinski definition) is 3. The summed E-state index contributed by atoms with van der Waals surface area (Å²) in [5, 5.41) is 17.9. The summed E-state index contributed by atoms with van der Waals surface area (Å²) >= 11 is 0. The molecule has 17 heavy (non-hydrogen) atoms. The van der Waals surface area contributed by atoms with E-state index in [0.717, 1.165) is 12.2 Å². The number of carboxylic acids is 1. The second-order valence-electron chi connectivity index (χ2n) is 4.42. The molecule has 0 saturated carbocycles. The third kappa shape index (κ3) is 3.22. The summed E-state index contributed by atoms with van der Waals surface area (Å²) in [6, 6.07) is 6.66. The first-order chi connectivity index (χ1) is 7.95. The molecule has 0 saturated heterocycles. The third-order valence-electron chi connectivity index (χ3n) is 2.41. The van der Waals surface area contributed by atoms with Crippen LogP contribution < -0.4 is 4.90 Å². The molecule has 0 heterocycles. The van der Waals surface area contributed by atoms with Crippen LogP contribution in [0.25, 0.3) is 0 Å². The lowest BCUT2D eigenvalue weighted by atomic mass is 10.1. The van der Waals surface area contributed by atoms with Gasteiger partial charge in [-0.2, -0.15) is 5.26 Å². The van der Waals surface area contributed by atoms with Crippen LogP contribution in [0.2, 0.25) is 0 Å². The van der Waals surface area contributed by atoms with Gasteiger partial charge < -0.3 is 10.0 Å². The lowest BCUT2D eigenvalue weighted by Crippen LogP contribution is -2.23. The SMILES string of the molecule is CC(C)CN(C)c1ccc(C(=O)O)cc1C#N. The van der Waals surface area contributed by atoms with Crippen molar-refractivity contribution in [2.24, 2.45) is 5.92 Å². The third-order valence-corrected chi connectivity index (χ3v) is 2.41. The highest BCUT2D eigenvalue weighted by Crippen LogP contribution is 2.21. The fourth-order valence-corrected chi connectivity index (χ4v) is 1.74. The average Bonchev–Trinajstić information content (AvgIpc) is 2.27. The molecular weight excluding hydrogens is 216 g/mol. The topological polar surface area (TPSA) is 64.3 Å². The van der Waals surface area contributed by atoms with Crippen molar-refractivity contribution in [1.82, 2.24) is 0 Å². The molecule has 0 radical (unpaired) electrons. The van der Waals surface area contributed by atoms with Crippen molar-refractivity contribution in [3.63, 3.8) is 0 Å². The Bertz CT molecular complexity index is 461. The van der Waals surface area contributed by atoms with Gasteiger partial charge in [-0.3, -0.25) is 0 Å². The number of anilines is 1. The molecule has 0 aromatic heterocycles. The van der Waals surface area contributed by atoms with Crippen molar-refractivity contribution in [3.05, 3.63) is 29.3 Å². The molecule has 0 amide bonds. The molecule has 0 fully saturated rings. The molecular formula is C13H16N2O2. The molecule has 0 aliphatic rings. The maximum Gasteiger partial charge on any atom is 0.335 e. The van der Waals surface area contributed by atoms with Crippen molar-refractivity contribution in [3.8, 4) is 6.07 Å². The van der Waals surface area contributed by atoms with Crippen molar-refractivity contribution in [1.29, 1.82) is 5.26 Å². The zero-order valence-electron chi connectivity index (χ0n) is 10.3. The number of aromatic carboxylic acids is 1. The summed E-state index contributed by atoms with van der Waals surface area (Å²) in [4.78, 5) is 12.8. The van der Waals surface area contributed by atoms with Crippen molar-refractivity contribution >= 4 is 11.7 Å². The molecule has 1 aromatic rings. The number of carboxylic acid groups (broad SMARTS) is 1. The van der Waals surface area contributed by atoms with E-state index in [4.69, 9.17) is 10.4 Å². The summed E-state index contributed by atoms with van der Waals surface area (Å²) < 4.78 is 0. The zero-order chi connectivity index (χ0) is 13.0. The number of nitriles is 1. The van der Waals surface area contributed by atoms with E-state index in [2.05, 4.69) is 13.8 Å². The maximum atomic E-state index is 10.8. The van der Waals surface area contributed by atoms with Gasteiger partial charge >= 0.3 is 5.97 Å². The molecule has 0 aliphatic carbocycles. The number of rotatable bonds is 4. The van der Waals surface area contributed by atoms with E-state index < -0.39 is 5.97 Å². The fourth-order valence-electron chi connectivity index (χ4n) is 1.74. The maximum absolute atomic E-state index is 10.8. The summed E-state index contributed by atoms with van der Waals surface area (Å²) in [7, 11) is 1.90. The average molecular weight is 232 g/mol. The van der Waals surface area contributed by atoms with Crippen LogP contribution in [0.1, 0.15) is 29.8 Å². The van der Waals surface area contributed by atoms with Crippen LogP contribution >= 0.6 is 0 Å². The monoisotopic (exact) mass is 232 g/mol. The van der Waals surface area contributed by atoms with Gasteiger partial charge in [0.05, 0.1) is 16.8 Å². The predicted octanol–water partition coefficient (Wildman–Crippen LogP) is 2.35. The smallest absolute Gasteiger partial charge is 0.335 e. The summed E-state index contributed by atoms with van der Waals surface area (Å²) in [5.41, 5.74) is 1.31. The Labute approximate surface area is 101 Å².